The van der Waals surface area contributed by atoms with Gasteiger partial charge in [0, 0.05) is 12.6 Å². The number of nitrogens with zero attached hydrogens (tertiary/aromatic N) is 1. The standard InChI is InChI=1S/C17H16FNO3/c1-13(20)22-12-17(21)19(16-5-3-2-4-6-16)11-14-7-9-15(18)10-8-14/h2-10H,11-12H2,1H3. The molecule has 0 unspecified atom stereocenters. The molecular formula is C17H16FNO3. The summed E-state index contributed by atoms with van der Waals surface area (Å²) >= 11 is 0. The summed E-state index contributed by atoms with van der Waals surface area (Å²) in [5.41, 5.74) is 1.46. The molecule has 1 amide bonds. The minimum absolute atomic E-state index is 0.268. The van der Waals surface area contributed by atoms with Crippen LogP contribution in [-0.4, -0.2) is 18.5 Å². The molecule has 0 N–H and O–H groups in total. The van der Waals surface area contributed by atoms with Gasteiger partial charge in [0.1, 0.15) is 5.82 Å². The van der Waals surface area contributed by atoms with Crippen LogP contribution in [-0.2, 0) is 20.9 Å². The van der Waals surface area contributed by atoms with E-state index in [1.54, 1.807) is 24.3 Å². The summed E-state index contributed by atoms with van der Waals surface area (Å²) in [6.07, 6.45) is 0. The zero-order chi connectivity index (χ0) is 15.9. The summed E-state index contributed by atoms with van der Waals surface area (Å²) < 4.78 is 17.8. The third kappa shape index (κ3) is 4.41. The Morgan fingerprint density at radius 3 is 2.27 bits per heavy atom. The molecule has 0 fully saturated rings. The highest BCUT2D eigenvalue weighted by Crippen LogP contribution is 2.17. The largest absolute Gasteiger partial charge is 0.456 e. The van der Waals surface area contributed by atoms with Crippen molar-refractivity contribution in [2.45, 2.75) is 13.5 Å². The van der Waals surface area contributed by atoms with Crippen molar-refractivity contribution in [2.75, 3.05) is 11.5 Å². The highest BCUT2D eigenvalue weighted by Gasteiger charge is 2.17. The van der Waals surface area contributed by atoms with Crippen molar-refractivity contribution in [1.29, 1.82) is 0 Å². The molecule has 0 aliphatic heterocycles. The number of para-hydroxylation sites is 1. The number of halogens is 1. The van der Waals surface area contributed by atoms with Gasteiger partial charge in [0.15, 0.2) is 6.61 Å². The van der Waals surface area contributed by atoms with Gasteiger partial charge in [-0.3, -0.25) is 9.59 Å². The van der Waals surface area contributed by atoms with Crippen molar-refractivity contribution in [1.82, 2.24) is 0 Å². The van der Waals surface area contributed by atoms with Crippen molar-refractivity contribution in [3.8, 4) is 0 Å². The lowest BCUT2D eigenvalue weighted by molar-refractivity contribution is -0.145. The molecule has 0 radical (unpaired) electrons. The molecule has 0 bridgehead atoms. The van der Waals surface area contributed by atoms with Gasteiger partial charge in [0.2, 0.25) is 0 Å². The molecule has 0 aliphatic rings. The SMILES string of the molecule is CC(=O)OCC(=O)N(Cc1ccc(F)cc1)c1ccccc1. The molecule has 5 heteroatoms. The van der Waals surface area contributed by atoms with Crippen LogP contribution in [0.3, 0.4) is 0 Å². The zero-order valence-corrected chi connectivity index (χ0v) is 12.2. The minimum atomic E-state index is -0.511. The molecule has 0 saturated heterocycles. The Morgan fingerprint density at radius 2 is 1.68 bits per heavy atom. The number of hydrogen-bond acceptors (Lipinski definition) is 3. The molecule has 0 heterocycles. The summed E-state index contributed by atoms with van der Waals surface area (Å²) in [7, 11) is 0. The van der Waals surface area contributed by atoms with E-state index < -0.39 is 5.97 Å². The number of amides is 1. The first-order chi connectivity index (χ1) is 10.6. The predicted molar refractivity (Wildman–Crippen MR) is 80.7 cm³/mol. The van der Waals surface area contributed by atoms with Crippen LogP contribution in [0.5, 0.6) is 0 Å². The number of rotatable bonds is 5. The number of carbonyl (C=O) groups is 2. The average Bonchev–Trinajstić information content (AvgIpc) is 2.53. The predicted octanol–water partition coefficient (Wildman–Crippen LogP) is 2.92. The second-order valence-electron chi connectivity index (χ2n) is 4.72. The molecule has 0 saturated carbocycles. The molecule has 0 aliphatic carbocycles. The lowest BCUT2D eigenvalue weighted by Gasteiger charge is -2.22. The van der Waals surface area contributed by atoms with Gasteiger partial charge in [-0.25, -0.2) is 4.39 Å². The van der Waals surface area contributed by atoms with Crippen LogP contribution in [0.1, 0.15) is 12.5 Å². The van der Waals surface area contributed by atoms with E-state index in [0.29, 0.717) is 5.69 Å². The molecule has 2 rings (SSSR count). The Hall–Kier alpha value is -2.69. The average molecular weight is 301 g/mol. The number of esters is 1. The normalized spacial score (nSPS) is 10.1. The van der Waals surface area contributed by atoms with Gasteiger partial charge >= 0.3 is 5.97 Å². The Balaban J connectivity index is 2.19. The van der Waals surface area contributed by atoms with Crippen LogP contribution >= 0.6 is 0 Å². The van der Waals surface area contributed by atoms with E-state index in [1.165, 1.54) is 24.0 Å². The Labute approximate surface area is 128 Å². The van der Waals surface area contributed by atoms with Gasteiger partial charge in [0.05, 0.1) is 6.54 Å². The zero-order valence-electron chi connectivity index (χ0n) is 12.2. The van der Waals surface area contributed by atoms with E-state index in [4.69, 9.17) is 4.74 Å². The topological polar surface area (TPSA) is 46.6 Å². The summed E-state index contributed by atoms with van der Waals surface area (Å²) in [4.78, 5) is 24.7. The fraction of sp³-hybridized carbons (Fsp3) is 0.176. The Bertz CT molecular complexity index is 641. The summed E-state index contributed by atoms with van der Waals surface area (Å²) in [6, 6.07) is 15.0. The molecule has 4 nitrogen and oxygen atoms in total. The maximum absolute atomic E-state index is 13.0. The van der Waals surface area contributed by atoms with Gasteiger partial charge in [0.25, 0.3) is 5.91 Å². The number of anilines is 1. The van der Waals surface area contributed by atoms with Crippen molar-refractivity contribution in [2.24, 2.45) is 0 Å². The molecule has 114 valence electrons. The van der Waals surface area contributed by atoms with Gasteiger partial charge in [-0.1, -0.05) is 30.3 Å². The molecule has 2 aromatic carbocycles. The molecule has 0 atom stereocenters. The number of benzene rings is 2. The quantitative estimate of drug-likeness (QED) is 0.798. The van der Waals surface area contributed by atoms with E-state index in [-0.39, 0.29) is 24.9 Å². The van der Waals surface area contributed by atoms with Crippen LogP contribution < -0.4 is 4.90 Å². The first-order valence-electron chi connectivity index (χ1n) is 6.79. The monoisotopic (exact) mass is 301 g/mol. The molecular weight excluding hydrogens is 285 g/mol. The smallest absolute Gasteiger partial charge is 0.303 e. The molecule has 22 heavy (non-hydrogen) atoms. The van der Waals surface area contributed by atoms with E-state index in [9.17, 15) is 14.0 Å². The molecule has 0 spiro atoms. The van der Waals surface area contributed by atoms with E-state index in [1.807, 2.05) is 18.2 Å². The molecule has 0 aromatic heterocycles. The minimum Gasteiger partial charge on any atom is -0.456 e. The van der Waals surface area contributed by atoms with Crippen LogP contribution in [0.25, 0.3) is 0 Å². The summed E-state index contributed by atoms with van der Waals surface area (Å²) in [5.74, 6) is -1.19. The second-order valence-corrected chi connectivity index (χ2v) is 4.72. The fourth-order valence-corrected chi connectivity index (χ4v) is 1.95. The van der Waals surface area contributed by atoms with Crippen LogP contribution in [0.2, 0.25) is 0 Å². The van der Waals surface area contributed by atoms with Gasteiger partial charge < -0.3 is 9.64 Å². The maximum atomic E-state index is 13.0. The lowest BCUT2D eigenvalue weighted by atomic mass is 10.2. The third-order valence-electron chi connectivity index (χ3n) is 3.02. The number of carbonyl (C=O) groups excluding carboxylic acids is 2. The Morgan fingerprint density at radius 1 is 1.05 bits per heavy atom. The fourth-order valence-electron chi connectivity index (χ4n) is 1.95. The maximum Gasteiger partial charge on any atom is 0.303 e. The number of ether oxygens (including phenoxy) is 1. The van der Waals surface area contributed by atoms with Gasteiger partial charge in [-0.2, -0.15) is 0 Å². The van der Waals surface area contributed by atoms with Gasteiger partial charge in [-0.05, 0) is 29.8 Å². The van der Waals surface area contributed by atoms with E-state index in [2.05, 4.69) is 0 Å². The lowest BCUT2D eigenvalue weighted by Crippen LogP contribution is -2.34. The van der Waals surface area contributed by atoms with Crippen LogP contribution in [0, 0.1) is 5.82 Å². The van der Waals surface area contributed by atoms with E-state index in [0.717, 1.165) is 5.56 Å². The van der Waals surface area contributed by atoms with Gasteiger partial charge in [-0.15, -0.1) is 0 Å². The van der Waals surface area contributed by atoms with E-state index >= 15 is 0 Å². The highest BCUT2D eigenvalue weighted by atomic mass is 19.1. The number of hydrogen-bond donors (Lipinski definition) is 0. The second kappa shape index (κ2) is 7.36. The van der Waals surface area contributed by atoms with Crippen molar-refractivity contribution < 1.29 is 18.7 Å². The van der Waals surface area contributed by atoms with Crippen LogP contribution in [0.4, 0.5) is 10.1 Å². The molecule has 2 aromatic rings. The first-order valence-corrected chi connectivity index (χ1v) is 6.79. The third-order valence-corrected chi connectivity index (χ3v) is 3.02. The van der Waals surface area contributed by atoms with Crippen LogP contribution in [0.15, 0.2) is 54.6 Å². The summed E-state index contributed by atoms with van der Waals surface area (Å²) in [5, 5.41) is 0. The first kappa shape index (κ1) is 15.7. The van der Waals surface area contributed by atoms with Crippen molar-refractivity contribution in [3.63, 3.8) is 0 Å². The Kier molecular flexibility index (Phi) is 5.25. The summed E-state index contributed by atoms with van der Waals surface area (Å²) in [6.45, 7) is 1.19. The van der Waals surface area contributed by atoms with Crippen molar-refractivity contribution >= 4 is 17.6 Å². The van der Waals surface area contributed by atoms with Crippen molar-refractivity contribution in [3.05, 3.63) is 66.0 Å². The highest BCUT2D eigenvalue weighted by molar-refractivity contribution is 5.95.